The highest BCUT2D eigenvalue weighted by molar-refractivity contribution is 14.0. The van der Waals surface area contributed by atoms with Gasteiger partial charge in [-0.25, -0.2) is 4.99 Å². The molecule has 1 atom stereocenters. The van der Waals surface area contributed by atoms with Crippen molar-refractivity contribution in [1.82, 2.24) is 15.1 Å². The number of ether oxygens (including phenoxy) is 2. The molecule has 2 aliphatic heterocycles. The molecule has 6 nitrogen and oxygen atoms in total. The van der Waals surface area contributed by atoms with E-state index in [1.165, 1.54) is 37.1 Å². The minimum Gasteiger partial charge on any atom is -0.382 e. The minimum absolute atomic E-state index is 0. The van der Waals surface area contributed by atoms with Crippen molar-refractivity contribution >= 4 is 29.9 Å². The first-order valence-corrected chi connectivity index (χ1v) is 12.1. The minimum atomic E-state index is 0. The van der Waals surface area contributed by atoms with E-state index in [1.54, 1.807) is 7.11 Å². The number of aliphatic imine (C=N–C) groups is 1. The van der Waals surface area contributed by atoms with Gasteiger partial charge in [0.2, 0.25) is 0 Å². The molecule has 182 valence electrons. The van der Waals surface area contributed by atoms with E-state index in [0.717, 1.165) is 57.6 Å². The quantitative estimate of drug-likeness (QED) is 0.204. The molecule has 0 radical (unpaired) electrons. The van der Waals surface area contributed by atoms with Gasteiger partial charge in [0.1, 0.15) is 0 Å². The van der Waals surface area contributed by atoms with E-state index in [4.69, 9.17) is 14.5 Å². The average Bonchev–Trinajstić information content (AvgIpc) is 3.25. The lowest BCUT2D eigenvalue weighted by molar-refractivity contribution is 0.0536. The molecule has 2 heterocycles. The van der Waals surface area contributed by atoms with Crippen molar-refractivity contribution in [1.29, 1.82) is 0 Å². The van der Waals surface area contributed by atoms with Gasteiger partial charge in [0, 0.05) is 39.2 Å². The van der Waals surface area contributed by atoms with Crippen LogP contribution in [0.2, 0.25) is 0 Å². The molecule has 2 saturated heterocycles. The molecule has 1 unspecified atom stereocenters. The number of likely N-dealkylation sites (tertiary alicyclic amines) is 2. The molecular formula is C25H43IN4O2. The van der Waals surface area contributed by atoms with Gasteiger partial charge in [-0.05, 0) is 56.3 Å². The van der Waals surface area contributed by atoms with Crippen LogP contribution >= 0.6 is 24.0 Å². The summed E-state index contributed by atoms with van der Waals surface area (Å²) in [6.45, 7) is 13.8. The van der Waals surface area contributed by atoms with Gasteiger partial charge >= 0.3 is 0 Å². The number of nitrogens with zero attached hydrogens (tertiary/aromatic N) is 3. The van der Waals surface area contributed by atoms with Crippen LogP contribution in [0.15, 0.2) is 29.3 Å². The van der Waals surface area contributed by atoms with Gasteiger partial charge in [0.15, 0.2) is 5.96 Å². The largest absolute Gasteiger partial charge is 0.382 e. The van der Waals surface area contributed by atoms with Crippen LogP contribution in [-0.2, 0) is 22.6 Å². The third-order valence-electron chi connectivity index (χ3n) is 6.42. The Hall–Kier alpha value is -0.900. The van der Waals surface area contributed by atoms with Crippen LogP contribution in [0.3, 0.4) is 0 Å². The molecule has 0 spiro atoms. The van der Waals surface area contributed by atoms with Crippen molar-refractivity contribution in [3.05, 3.63) is 35.4 Å². The number of nitrogens with one attached hydrogen (secondary N) is 1. The highest BCUT2D eigenvalue weighted by atomic mass is 127. The van der Waals surface area contributed by atoms with Gasteiger partial charge < -0.3 is 19.7 Å². The molecule has 0 bridgehead atoms. The van der Waals surface area contributed by atoms with E-state index in [0.29, 0.717) is 19.1 Å². The van der Waals surface area contributed by atoms with E-state index in [1.807, 2.05) is 0 Å². The molecule has 0 aromatic heterocycles. The Morgan fingerprint density at radius 1 is 1.06 bits per heavy atom. The van der Waals surface area contributed by atoms with E-state index in [2.05, 4.69) is 53.2 Å². The third kappa shape index (κ3) is 9.15. The van der Waals surface area contributed by atoms with Crippen molar-refractivity contribution in [2.24, 2.45) is 16.8 Å². The fraction of sp³-hybridized carbons (Fsp3) is 0.720. The summed E-state index contributed by atoms with van der Waals surface area (Å²) in [5.41, 5.74) is 2.68. The van der Waals surface area contributed by atoms with Crippen molar-refractivity contribution in [2.45, 2.75) is 46.2 Å². The molecule has 1 N–H and O–H groups in total. The molecule has 1 aromatic carbocycles. The number of rotatable bonds is 10. The van der Waals surface area contributed by atoms with E-state index in [-0.39, 0.29) is 24.0 Å². The number of benzene rings is 1. The maximum absolute atomic E-state index is 5.73. The fourth-order valence-electron chi connectivity index (χ4n) is 4.37. The Kier molecular flexibility index (Phi) is 12.9. The number of methoxy groups -OCH3 is 1. The lowest BCUT2D eigenvalue weighted by Crippen LogP contribution is -2.40. The lowest BCUT2D eigenvalue weighted by atomic mass is 9.99. The third-order valence-corrected chi connectivity index (χ3v) is 6.42. The maximum Gasteiger partial charge on any atom is 0.194 e. The van der Waals surface area contributed by atoms with E-state index in [9.17, 15) is 0 Å². The van der Waals surface area contributed by atoms with Crippen LogP contribution in [-0.4, -0.2) is 75.4 Å². The second kappa shape index (κ2) is 15.1. The topological polar surface area (TPSA) is 49.3 Å². The summed E-state index contributed by atoms with van der Waals surface area (Å²) in [7, 11) is 1.71. The highest BCUT2D eigenvalue weighted by Crippen LogP contribution is 2.19. The van der Waals surface area contributed by atoms with Crippen LogP contribution in [0.25, 0.3) is 0 Å². The number of halogens is 1. The van der Waals surface area contributed by atoms with E-state index < -0.39 is 0 Å². The first kappa shape index (κ1) is 27.3. The number of hydrogen-bond acceptors (Lipinski definition) is 4. The van der Waals surface area contributed by atoms with Gasteiger partial charge in [-0.15, -0.1) is 24.0 Å². The van der Waals surface area contributed by atoms with Gasteiger partial charge in [-0.3, -0.25) is 4.90 Å². The molecule has 0 saturated carbocycles. The zero-order chi connectivity index (χ0) is 21.9. The highest BCUT2D eigenvalue weighted by Gasteiger charge is 2.25. The van der Waals surface area contributed by atoms with Gasteiger partial charge in [-0.1, -0.05) is 31.2 Å². The fourth-order valence-corrected chi connectivity index (χ4v) is 4.37. The van der Waals surface area contributed by atoms with Crippen molar-refractivity contribution < 1.29 is 9.47 Å². The molecule has 2 aliphatic rings. The van der Waals surface area contributed by atoms with Crippen LogP contribution in [0.1, 0.15) is 44.2 Å². The van der Waals surface area contributed by atoms with E-state index >= 15 is 0 Å². The molecule has 1 aromatic rings. The average molecular weight is 559 g/mol. The maximum atomic E-state index is 5.73. The Morgan fingerprint density at radius 3 is 2.47 bits per heavy atom. The Morgan fingerprint density at radius 2 is 1.78 bits per heavy atom. The van der Waals surface area contributed by atoms with Crippen LogP contribution in [0.4, 0.5) is 0 Å². The summed E-state index contributed by atoms with van der Waals surface area (Å²) in [6, 6.07) is 9.04. The lowest BCUT2D eigenvalue weighted by Gasteiger charge is -2.30. The Bertz CT molecular complexity index is 662. The first-order chi connectivity index (χ1) is 15.2. The zero-order valence-electron chi connectivity index (χ0n) is 20.2. The van der Waals surface area contributed by atoms with Crippen LogP contribution in [0.5, 0.6) is 0 Å². The van der Waals surface area contributed by atoms with Gasteiger partial charge in [-0.2, -0.15) is 0 Å². The Balaban J connectivity index is 0.00000363. The summed E-state index contributed by atoms with van der Waals surface area (Å²) >= 11 is 0. The number of piperidine rings is 1. The van der Waals surface area contributed by atoms with Crippen LogP contribution in [0, 0.1) is 11.8 Å². The Labute approximate surface area is 212 Å². The summed E-state index contributed by atoms with van der Waals surface area (Å²) in [4.78, 5) is 9.88. The monoisotopic (exact) mass is 558 g/mol. The molecule has 0 aliphatic carbocycles. The smallest absolute Gasteiger partial charge is 0.194 e. The van der Waals surface area contributed by atoms with Gasteiger partial charge in [0.05, 0.1) is 26.4 Å². The molecule has 32 heavy (non-hydrogen) atoms. The summed E-state index contributed by atoms with van der Waals surface area (Å²) in [6.07, 6.45) is 3.81. The zero-order valence-corrected chi connectivity index (χ0v) is 22.6. The second-order valence-corrected chi connectivity index (χ2v) is 9.11. The summed E-state index contributed by atoms with van der Waals surface area (Å²) in [5, 5.41) is 3.47. The molecule has 3 rings (SSSR count). The number of hydrogen-bond donors (Lipinski definition) is 1. The normalized spacial score (nSPS) is 20.4. The summed E-state index contributed by atoms with van der Waals surface area (Å²) in [5.74, 6) is 2.47. The van der Waals surface area contributed by atoms with Gasteiger partial charge in [0.25, 0.3) is 0 Å². The second-order valence-electron chi connectivity index (χ2n) is 9.11. The SMILES string of the molecule is CCNC(=NCc1ccc(CN2CCC(C)CC2)cc1)N1CCC(COCCOC)C1.I. The van der Waals surface area contributed by atoms with Crippen molar-refractivity contribution in [2.75, 3.05) is 59.7 Å². The number of guanidine groups is 1. The first-order valence-electron chi connectivity index (χ1n) is 12.1. The molecule has 7 heteroatoms. The predicted molar refractivity (Wildman–Crippen MR) is 143 cm³/mol. The van der Waals surface area contributed by atoms with Crippen LogP contribution < -0.4 is 5.32 Å². The standard InChI is InChI=1S/C25H42N4O2.HI/c1-4-26-25(29-14-11-24(19-29)20-31-16-15-30-3)27-17-22-5-7-23(8-6-22)18-28-12-9-21(2)10-13-28;/h5-8,21,24H,4,9-20H2,1-3H3,(H,26,27);1H. The van der Waals surface area contributed by atoms with Crippen molar-refractivity contribution in [3.8, 4) is 0 Å². The summed E-state index contributed by atoms with van der Waals surface area (Å²) < 4.78 is 10.8. The van der Waals surface area contributed by atoms with Crippen molar-refractivity contribution in [3.63, 3.8) is 0 Å². The molecule has 0 amide bonds. The predicted octanol–water partition coefficient (Wildman–Crippen LogP) is 3.99. The molecule has 2 fully saturated rings. The molecular weight excluding hydrogens is 515 g/mol.